The van der Waals surface area contributed by atoms with Gasteiger partial charge in [0.2, 0.25) is 0 Å². The predicted octanol–water partition coefficient (Wildman–Crippen LogP) is 2.14. The monoisotopic (exact) mass is 365 g/mol. The van der Waals surface area contributed by atoms with Gasteiger partial charge in [0.1, 0.15) is 5.82 Å². The van der Waals surface area contributed by atoms with Gasteiger partial charge in [-0.15, -0.1) is 0 Å². The number of aliphatic hydroxyl groups is 1. The van der Waals surface area contributed by atoms with Crippen molar-refractivity contribution in [1.82, 2.24) is 9.13 Å². The molecule has 1 aliphatic heterocycles. The van der Waals surface area contributed by atoms with E-state index >= 15 is 0 Å². The number of hydrogen-bond donors (Lipinski definition) is 1. The molecule has 26 heavy (non-hydrogen) atoms. The molecular weight excluding hydrogens is 334 g/mol. The zero-order valence-corrected chi connectivity index (χ0v) is 16.3. The molecule has 0 spiro atoms. The number of fused-ring (bicyclic) bond motifs is 1. The standard InChI is InChI=1S/C19H31N3O4/c1-5-6-8-14-9-10-15-16(20-17(14)26-13(2)3)21(4)19(25)22(18(15)24)11-7-12-23/h13-14,23H,5-12H2,1-4H3. The first kappa shape index (κ1) is 20.4. The number of unbranched alkanes of at least 4 members (excludes halogenated alkanes) is 1. The van der Waals surface area contributed by atoms with Crippen LogP contribution in [0.2, 0.25) is 0 Å². The normalized spacial score (nSPS) is 17.0. The van der Waals surface area contributed by atoms with Gasteiger partial charge in [-0.2, -0.15) is 4.99 Å². The minimum absolute atomic E-state index is 0.0126. The van der Waals surface area contributed by atoms with Crippen molar-refractivity contribution >= 4 is 11.7 Å². The fraction of sp³-hybridized carbons (Fsp3) is 0.737. The first-order valence-corrected chi connectivity index (χ1v) is 9.59. The molecule has 0 amide bonds. The van der Waals surface area contributed by atoms with E-state index in [2.05, 4.69) is 11.9 Å². The fourth-order valence-corrected chi connectivity index (χ4v) is 3.33. The van der Waals surface area contributed by atoms with Crippen LogP contribution in [0.15, 0.2) is 14.6 Å². The first-order chi connectivity index (χ1) is 12.4. The molecule has 1 aromatic heterocycles. The molecule has 0 saturated heterocycles. The van der Waals surface area contributed by atoms with Gasteiger partial charge in [0.05, 0.1) is 11.7 Å². The molecule has 1 aliphatic rings. The molecule has 1 aromatic rings. The Balaban J connectivity index is 2.54. The number of nitrogens with zero attached hydrogens (tertiary/aromatic N) is 3. The molecule has 1 atom stereocenters. The Morgan fingerprint density at radius 1 is 1.31 bits per heavy atom. The molecule has 0 saturated carbocycles. The quantitative estimate of drug-likeness (QED) is 0.802. The average Bonchev–Trinajstić information content (AvgIpc) is 2.77. The van der Waals surface area contributed by atoms with Crippen molar-refractivity contribution in [2.45, 2.75) is 71.9 Å². The second-order valence-electron chi connectivity index (χ2n) is 7.17. The van der Waals surface area contributed by atoms with E-state index in [0.29, 0.717) is 30.1 Å². The molecule has 2 heterocycles. The van der Waals surface area contributed by atoms with Gasteiger partial charge in [-0.25, -0.2) is 4.79 Å². The summed E-state index contributed by atoms with van der Waals surface area (Å²) in [6, 6.07) is 0. The van der Waals surface area contributed by atoms with E-state index < -0.39 is 5.69 Å². The Bertz CT molecular complexity index is 761. The van der Waals surface area contributed by atoms with Crippen LogP contribution in [-0.4, -0.2) is 32.8 Å². The Hall–Kier alpha value is -1.89. The third kappa shape index (κ3) is 4.44. The van der Waals surface area contributed by atoms with Gasteiger partial charge in [-0.05, 0) is 39.5 Å². The maximum Gasteiger partial charge on any atom is 0.332 e. The SMILES string of the molecule is CCCCC1CCc2c(n(C)c(=O)n(CCCO)c2=O)N=C1OC(C)C. The van der Waals surface area contributed by atoms with E-state index in [-0.39, 0.29) is 30.7 Å². The molecule has 0 aromatic carbocycles. The topological polar surface area (TPSA) is 85.8 Å². The number of aliphatic imine (C=N–C) groups is 1. The average molecular weight is 365 g/mol. The minimum atomic E-state index is -0.401. The van der Waals surface area contributed by atoms with Crippen LogP contribution in [0.1, 0.15) is 58.4 Å². The first-order valence-electron chi connectivity index (χ1n) is 9.59. The van der Waals surface area contributed by atoms with E-state index in [9.17, 15) is 9.59 Å². The van der Waals surface area contributed by atoms with Crippen LogP contribution in [0.5, 0.6) is 0 Å². The van der Waals surface area contributed by atoms with Crippen molar-refractivity contribution in [3.05, 3.63) is 26.4 Å². The van der Waals surface area contributed by atoms with Gasteiger partial charge in [0, 0.05) is 26.1 Å². The number of hydrogen-bond acceptors (Lipinski definition) is 5. The Kier molecular flexibility index (Phi) is 7.20. The van der Waals surface area contributed by atoms with Crippen LogP contribution >= 0.6 is 0 Å². The lowest BCUT2D eigenvalue weighted by Gasteiger charge is -2.19. The molecular formula is C19H31N3O4. The van der Waals surface area contributed by atoms with Crippen molar-refractivity contribution in [1.29, 1.82) is 0 Å². The Morgan fingerprint density at radius 2 is 2.04 bits per heavy atom. The largest absolute Gasteiger partial charge is 0.478 e. The molecule has 0 fully saturated rings. The molecule has 146 valence electrons. The highest BCUT2D eigenvalue weighted by atomic mass is 16.5. The van der Waals surface area contributed by atoms with Crippen LogP contribution in [0.3, 0.4) is 0 Å². The summed E-state index contributed by atoms with van der Waals surface area (Å²) in [5, 5.41) is 9.04. The zero-order valence-electron chi connectivity index (χ0n) is 16.3. The maximum atomic E-state index is 12.9. The third-order valence-corrected chi connectivity index (χ3v) is 4.72. The predicted molar refractivity (Wildman–Crippen MR) is 102 cm³/mol. The molecule has 1 N–H and O–H groups in total. The number of aromatic nitrogens is 2. The summed E-state index contributed by atoms with van der Waals surface area (Å²) < 4.78 is 8.60. The molecule has 0 bridgehead atoms. The van der Waals surface area contributed by atoms with Crippen molar-refractivity contribution in [2.75, 3.05) is 6.61 Å². The lowest BCUT2D eigenvalue weighted by Crippen LogP contribution is -2.41. The number of rotatable bonds is 7. The van der Waals surface area contributed by atoms with Gasteiger partial charge >= 0.3 is 5.69 Å². The molecule has 0 aliphatic carbocycles. The van der Waals surface area contributed by atoms with Crippen LogP contribution in [0.25, 0.3) is 0 Å². The van der Waals surface area contributed by atoms with Crippen molar-refractivity contribution in [3.8, 4) is 0 Å². The summed E-state index contributed by atoms with van der Waals surface area (Å²) in [5.74, 6) is 1.20. The van der Waals surface area contributed by atoms with Gasteiger partial charge in [-0.1, -0.05) is 19.8 Å². The highest BCUT2D eigenvalue weighted by molar-refractivity contribution is 5.82. The second kappa shape index (κ2) is 9.16. The van der Waals surface area contributed by atoms with Crippen molar-refractivity contribution in [2.24, 2.45) is 18.0 Å². The van der Waals surface area contributed by atoms with Crippen LogP contribution < -0.4 is 11.2 Å². The summed E-state index contributed by atoms with van der Waals surface area (Å²) in [6.45, 7) is 6.22. The van der Waals surface area contributed by atoms with Gasteiger partial charge in [0.25, 0.3) is 5.56 Å². The highest BCUT2D eigenvalue weighted by Crippen LogP contribution is 2.28. The molecule has 1 unspecified atom stereocenters. The summed E-state index contributed by atoms with van der Waals surface area (Å²) >= 11 is 0. The van der Waals surface area contributed by atoms with Crippen LogP contribution in [-0.2, 0) is 24.8 Å². The zero-order chi connectivity index (χ0) is 19.3. The number of ether oxygens (including phenoxy) is 1. The Labute approximate surface area is 154 Å². The molecule has 2 rings (SSSR count). The van der Waals surface area contributed by atoms with Gasteiger partial charge < -0.3 is 9.84 Å². The van der Waals surface area contributed by atoms with Crippen LogP contribution in [0, 0.1) is 5.92 Å². The summed E-state index contributed by atoms with van der Waals surface area (Å²) in [5.41, 5.74) is -0.129. The lowest BCUT2D eigenvalue weighted by atomic mass is 9.95. The molecule has 7 nitrogen and oxygen atoms in total. The van der Waals surface area contributed by atoms with E-state index in [1.54, 1.807) is 7.05 Å². The minimum Gasteiger partial charge on any atom is -0.478 e. The fourth-order valence-electron chi connectivity index (χ4n) is 3.33. The summed E-state index contributed by atoms with van der Waals surface area (Å²) in [7, 11) is 1.64. The smallest absolute Gasteiger partial charge is 0.332 e. The van der Waals surface area contributed by atoms with Gasteiger partial charge in [-0.3, -0.25) is 13.9 Å². The highest BCUT2D eigenvalue weighted by Gasteiger charge is 2.27. The number of aliphatic hydroxyl groups excluding tert-OH is 1. The van der Waals surface area contributed by atoms with Crippen molar-refractivity contribution in [3.63, 3.8) is 0 Å². The lowest BCUT2D eigenvalue weighted by molar-refractivity contribution is 0.207. The van der Waals surface area contributed by atoms with E-state index in [4.69, 9.17) is 9.84 Å². The summed E-state index contributed by atoms with van der Waals surface area (Å²) in [6.07, 6.45) is 4.84. The second-order valence-corrected chi connectivity index (χ2v) is 7.17. The van der Waals surface area contributed by atoms with Crippen LogP contribution in [0.4, 0.5) is 5.82 Å². The van der Waals surface area contributed by atoms with E-state index in [0.717, 1.165) is 25.7 Å². The summed E-state index contributed by atoms with van der Waals surface area (Å²) in [4.78, 5) is 30.1. The third-order valence-electron chi connectivity index (χ3n) is 4.72. The Morgan fingerprint density at radius 3 is 2.65 bits per heavy atom. The molecule has 7 heteroatoms. The van der Waals surface area contributed by atoms with Crippen molar-refractivity contribution < 1.29 is 9.84 Å². The van der Waals surface area contributed by atoms with Gasteiger partial charge in [0.15, 0.2) is 5.90 Å². The van der Waals surface area contributed by atoms with E-state index in [1.165, 1.54) is 9.13 Å². The molecule has 0 radical (unpaired) electrons. The van der Waals surface area contributed by atoms with E-state index in [1.807, 2.05) is 13.8 Å². The maximum absolute atomic E-state index is 12.9.